The predicted octanol–water partition coefficient (Wildman–Crippen LogP) is 1.76. The molecular weight excluding hydrogens is 347 g/mol. The number of carboxylic acids is 1. The summed E-state index contributed by atoms with van der Waals surface area (Å²) in [5, 5.41) is 15.4. The number of aromatic nitrogens is 1. The minimum atomic E-state index is -1.03. The number of ether oxygens (including phenoxy) is 2. The molecule has 8 nitrogen and oxygen atoms in total. The van der Waals surface area contributed by atoms with Crippen LogP contribution in [0, 0.1) is 5.82 Å². The van der Waals surface area contributed by atoms with E-state index in [1.54, 1.807) is 12.1 Å². The van der Waals surface area contributed by atoms with Crippen LogP contribution in [0.1, 0.15) is 29.1 Å². The monoisotopic (exact) mass is 364 g/mol. The maximum Gasteiger partial charge on any atom is 0.305 e. The number of para-hydroxylation sites is 1. The van der Waals surface area contributed by atoms with Crippen molar-refractivity contribution < 1.29 is 33.1 Å². The first kappa shape index (κ1) is 17.9. The Hall–Kier alpha value is -2.94. The largest absolute Gasteiger partial charge is 0.482 e. The van der Waals surface area contributed by atoms with Crippen LogP contribution in [0.5, 0.6) is 5.75 Å². The van der Waals surface area contributed by atoms with Crippen molar-refractivity contribution in [1.82, 2.24) is 10.5 Å². The van der Waals surface area contributed by atoms with Crippen LogP contribution in [-0.4, -0.2) is 40.9 Å². The molecule has 1 saturated heterocycles. The second-order valence-corrected chi connectivity index (χ2v) is 6.01. The lowest BCUT2D eigenvalue weighted by molar-refractivity contribution is -0.138. The topological polar surface area (TPSA) is 111 Å². The van der Waals surface area contributed by atoms with Crippen LogP contribution >= 0.6 is 0 Å². The number of aliphatic carboxylic acids is 1. The number of nitrogens with one attached hydrogen (secondary N) is 1. The maximum atomic E-state index is 13.5. The fourth-order valence-electron chi connectivity index (χ4n) is 2.68. The molecule has 1 amide bonds. The third-order valence-electron chi connectivity index (χ3n) is 3.97. The highest BCUT2D eigenvalue weighted by molar-refractivity contribution is 5.93. The van der Waals surface area contributed by atoms with E-state index in [2.05, 4.69) is 10.5 Å². The van der Waals surface area contributed by atoms with Gasteiger partial charge < -0.3 is 24.4 Å². The molecule has 0 bridgehead atoms. The van der Waals surface area contributed by atoms with E-state index >= 15 is 0 Å². The number of halogens is 1. The average molecular weight is 364 g/mol. The standard InChI is InChI=1S/C17H17FN2O6/c18-12-3-1-2-4-14(12)25-9-11-7-13(20-26-11)16(23)19-17(8-15(21)22)5-6-24-10-17/h1-4,7H,5-6,8-10H2,(H,19,23)(H,21,22). The van der Waals surface area contributed by atoms with Crippen molar-refractivity contribution in [3.63, 3.8) is 0 Å². The van der Waals surface area contributed by atoms with E-state index in [1.807, 2.05) is 0 Å². The number of rotatable bonds is 7. The number of hydrogen-bond donors (Lipinski definition) is 2. The molecule has 2 heterocycles. The van der Waals surface area contributed by atoms with Gasteiger partial charge in [-0.25, -0.2) is 4.39 Å². The third kappa shape index (κ3) is 4.17. The molecule has 1 fully saturated rings. The zero-order valence-corrected chi connectivity index (χ0v) is 13.7. The van der Waals surface area contributed by atoms with Gasteiger partial charge in [-0.2, -0.15) is 0 Å². The van der Waals surface area contributed by atoms with Crippen LogP contribution in [0.4, 0.5) is 4.39 Å². The summed E-state index contributed by atoms with van der Waals surface area (Å²) in [6.07, 6.45) is 0.145. The number of hydrogen-bond acceptors (Lipinski definition) is 6. The number of carbonyl (C=O) groups excluding carboxylic acids is 1. The summed E-state index contributed by atoms with van der Waals surface area (Å²) in [7, 11) is 0. The summed E-state index contributed by atoms with van der Waals surface area (Å²) in [5.41, 5.74) is -0.986. The van der Waals surface area contributed by atoms with Gasteiger partial charge in [0.25, 0.3) is 5.91 Å². The Kier molecular flexibility index (Phi) is 5.17. The number of benzene rings is 1. The Morgan fingerprint density at radius 3 is 2.88 bits per heavy atom. The zero-order valence-electron chi connectivity index (χ0n) is 13.7. The van der Waals surface area contributed by atoms with Gasteiger partial charge in [0.05, 0.1) is 18.6 Å². The van der Waals surface area contributed by atoms with Gasteiger partial charge >= 0.3 is 5.97 Å². The van der Waals surface area contributed by atoms with E-state index in [-0.39, 0.29) is 36.8 Å². The van der Waals surface area contributed by atoms with Crippen LogP contribution in [0.15, 0.2) is 34.9 Å². The molecule has 1 unspecified atom stereocenters. The van der Waals surface area contributed by atoms with Gasteiger partial charge in [0.1, 0.15) is 6.61 Å². The van der Waals surface area contributed by atoms with E-state index < -0.39 is 23.2 Å². The second kappa shape index (κ2) is 7.52. The minimum absolute atomic E-state index is 0.0196. The normalized spacial score (nSPS) is 19.3. The molecule has 1 aromatic carbocycles. The van der Waals surface area contributed by atoms with Gasteiger partial charge in [0.15, 0.2) is 23.0 Å². The van der Waals surface area contributed by atoms with Crippen molar-refractivity contribution in [1.29, 1.82) is 0 Å². The molecule has 2 N–H and O–H groups in total. The van der Waals surface area contributed by atoms with Gasteiger partial charge in [0, 0.05) is 12.7 Å². The van der Waals surface area contributed by atoms with Crippen molar-refractivity contribution in [2.45, 2.75) is 25.0 Å². The zero-order chi connectivity index (χ0) is 18.6. The number of carbonyl (C=O) groups is 2. The Morgan fingerprint density at radius 1 is 1.38 bits per heavy atom. The predicted molar refractivity (Wildman–Crippen MR) is 85.1 cm³/mol. The molecule has 1 atom stereocenters. The molecule has 0 saturated carbocycles. The fourth-order valence-corrected chi connectivity index (χ4v) is 2.68. The quantitative estimate of drug-likeness (QED) is 0.770. The van der Waals surface area contributed by atoms with E-state index in [4.69, 9.17) is 19.1 Å². The van der Waals surface area contributed by atoms with Gasteiger partial charge in [-0.05, 0) is 18.6 Å². The minimum Gasteiger partial charge on any atom is -0.482 e. The Bertz CT molecular complexity index is 800. The molecule has 1 aliphatic rings. The molecule has 3 rings (SSSR count). The molecule has 138 valence electrons. The van der Waals surface area contributed by atoms with E-state index in [1.165, 1.54) is 18.2 Å². The first-order valence-corrected chi connectivity index (χ1v) is 7.92. The molecule has 1 aliphatic heterocycles. The first-order chi connectivity index (χ1) is 12.5. The van der Waals surface area contributed by atoms with Gasteiger partial charge in [-0.3, -0.25) is 9.59 Å². The van der Waals surface area contributed by atoms with Crippen LogP contribution in [-0.2, 0) is 16.1 Å². The van der Waals surface area contributed by atoms with Gasteiger partial charge in [-0.1, -0.05) is 17.3 Å². The molecule has 0 radical (unpaired) electrons. The highest BCUT2D eigenvalue weighted by Gasteiger charge is 2.39. The van der Waals surface area contributed by atoms with Crippen molar-refractivity contribution in [3.8, 4) is 5.75 Å². The lowest BCUT2D eigenvalue weighted by Crippen LogP contribution is -2.50. The van der Waals surface area contributed by atoms with Crippen molar-refractivity contribution >= 4 is 11.9 Å². The summed E-state index contributed by atoms with van der Waals surface area (Å²) < 4.78 is 29.0. The third-order valence-corrected chi connectivity index (χ3v) is 3.97. The van der Waals surface area contributed by atoms with E-state index in [9.17, 15) is 14.0 Å². The number of nitrogens with zero attached hydrogens (tertiary/aromatic N) is 1. The lowest BCUT2D eigenvalue weighted by Gasteiger charge is -2.26. The SMILES string of the molecule is O=C(O)CC1(NC(=O)c2cc(COc3ccccc3F)on2)CCOC1. The number of amides is 1. The molecule has 0 spiro atoms. The highest BCUT2D eigenvalue weighted by atomic mass is 19.1. The Morgan fingerprint density at radius 2 is 2.19 bits per heavy atom. The summed E-state index contributed by atoms with van der Waals surface area (Å²) >= 11 is 0. The summed E-state index contributed by atoms with van der Waals surface area (Å²) in [6, 6.07) is 7.26. The second-order valence-electron chi connectivity index (χ2n) is 6.01. The smallest absolute Gasteiger partial charge is 0.305 e. The molecule has 0 aliphatic carbocycles. The maximum absolute atomic E-state index is 13.5. The van der Waals surface area contributed by atoms with Crippen molar-refractivity contribution in [2.24, 2.45) is 0 Å². The Balaban J connectivity index is 1.62. The van der Waals surface area contributed by atoms with Crippen molar-refractivity contribution in [2.75, 3.05) is 13.2 Å². The molecule has 26 heavy (non-hydrogen) atoms. The van der Waals surface area contributed by atoms with Crippen LogP contribution in [0.25, 0.3) is 0 Å². The first-order valence-electron chi connectivity index (χ1n) is 7.92. The summed E-state index contributed by atoms with van der Waals surface area (Å²) in [4.78, 5) is 23.4. The molecule has 2 aromatic rings. The van der Waals surface area contributed by atoms with E-state index in [0.29, 0.717) is 13.0 Å². The van der Waals surface area contributed by atoms with Crippen LogP contribution in [0.2, 0.25) is 0 Å². The summed E-state index contributed by atoms with van der Waals surface area (Å²) in [6.45, 7) is 0.380. The highest BCUT2D eigenvalue weighted by Crippen LogP contribution is 2.23. The van der Waals surface area contributed by atoms with Gasteiger partial charge in [0.2, 0.25) is 0 Å². The molecular formula is C17H17FN2O6. The average Bonchev–Trinajstić information content (AvgIpc) is 3.23. The van der Waals surface area contributed by atoms with Crippen LogP contribution in [0.3, 0.4) is 0 Å². The Labute approximate surface area is 147 Å². The fraction of sp³-hybridized carbons (Fsp3) is 0.353. The van der Waals surface area contributed by atoms with Crippen molar-refractivity contribution in [3.05, 3.63) is 47.6 Å². The number of carboxylic acid groups (broad SMARTS) is 1. The molecule has 9 heteroatoms. The summed E-state index contributed by atoms with van der Waals surface area (Å²) in [5.74, 6) is -1.83. The molecule has 1 aromatic heterocycles. The van der Waals surface area contributed by atoms with Gasteiger partial charge in [-0.15, -0.1) is 0 Å². The van der Waals surface area contributed by atoms with E-state index in [0.717, 1.165) is 0 Å². The lowest BCUT2D eigenvalue weighted by atomic mass is 9.94. The van der Waals surface area contributed by atoms with Crippen LogP contribution < -0.4 is 10.1 Å².